The van der Waals surface area contributed by atoms with E-state index in [9.17, 15) is 15.0 Å². The number of benzene rings is 2. The Morgan fingerprint density at radius 3 is 1.60 bits per heavy atom. The Bertz CT molecular complexity index is 2060. The third-order valence-electron chi connectivity index (χ3n) is 6.56. The van der Waals surface area contributed by atoms with Crippen LogP contribution >= 0.6 is 0 Å². The summed E-state index contributed by atoms with van der Waals surface area (Å²) >= 11 is 0. The van der Waals surface area contributed by atoms with Crippen LogP contribution in [0.5, 0.6) is 11.5 Å². The second kappa shape index (κ2) is 14.2. The van der Waals surface area contributed by atoms with E-state index >= 15 is 0 Å². The molecule has 0 radical (unpaired) electrons. The number of carboxylic acid groups (broad SMARTS) is 1. The third kappa shape index (κ3) is 7.46. The monoisotopic (exact) mass is 644 g/mol. The van der Waals surface area contributed by atoms with Crippen LogP contribution in [-0.2, 0) is 16.5 Å². The minimum Gasteiger partial charge on any atom is -0.507 e. The molecule has 0 aliphatic carbocycles. The van der Waals surface area contributed by atoms with Gasteiger partial charge in [0.1, 0.15) is 33.9 Å². The molecule has 45 heavy (non-hydrogen) atoms. The van der Waals surface area contributed by atoms with Gasteiger partial charge in [-0.15, -0.1) is 20.5 Å². The van der Waals surface area contributed by atoms with Gasteiger partial charge in [0.2, 0.25) is 0 Å². The molecule has 0 saturated carbocycles. The molecule has 6 rings (SSSR count). The summed E-state index contributed by atoms with van der Waals surface area (Å²) in [6, 6.07) is 20.3. The van der Waals surface area contributed by atoms with Gasteiger partial charge in [-0.25, -0.2) is 19.7 Å². The number of carboxylic acids is 1. The number of pyridine rings is 4. The first-order valence-electron chi connectivity index (χ1n) is 13.3. The van der Waals surface area contributed by atoms with E-state index in [-0.39, 0.29) is 33.6 Å². The average Bonchev–Trinajstić information content (AvgIpc) is 3.02. The van der Waals surface area contributed by atoms with Crippen molar-refractivity contribution in [1.29, 1.82) is 0 Å². The number of hydrogen-bond donors (Lipinski definition) is 3. The van der Waals surface area contributed by atoms with Crippen LogP contribution in [0.1, 0.15) is 27.3 Å². The van der Waals surface area contributed by atoms with E-state index in [2.05, 4.69) is 40.4 Å². The minimum absolute atomic E-state index is 0. The number of aryl methyl sites for hydroxylation is 3. The van der Waals surface area contributed by atoms with Crippen LogP contribution in [0.4, 0.5) is 23.0 Å². The zero-order chi connectivity index (χ0) is 31.2. The fourth-order valence-electron chi connectivity index (χ4n) is 4.16. The molecule has 0 aliphatic heterocycles. The van der Waals surface area contributed by atoms with E-state index in [0.29, 0.717) is 50.5 Å². The summed E-state index contributed by atoms with van der Waals surface area (Å²) in [5.41, 5.74) is 4.35. The van der Waals surface area contributed by atoms with Gasteiger partial charge < -0.3 is 15.3 Å². The topological polar surface area (TPSA) is 179 Å². The molecule has 0 aliphatic rings. The molecule has 0 fully saturated rings. The molecule has 4 aromatic heterocycles. The van der Waals surface area contributed by atoms with Gasteiger partial charge in [0.05, 0.1) is 11.3 Å². The van der Waals surface area contributed by atoms with Gasteiger partial charge in [-0.2, -0.15) is 0 Å². The van der Waals surface area contributed by atoms with Crippen molar-refractivity contribution in [3.63, 3.8) is 0 Å². The van der Waals surface area contributed by atoms with Crippen molar-refractivity contribution in [2.24, 2.45) is 20.5 Å². The largest absolute Gasteiger partial charge is 0.507 e. The van der Waals surface area contributed by atoms with Gasteiger partial charge in [0, 0.05) is 45.4 Å². The van der Waals surface area contributed by atoms with E-state index in [1.807, 2.05) is 32.0 Å². The number of aromatic hydroxyl groups is 2. The molecule has 0 spiro atoms. The molecular formula is C32H26N8NiO4. The van der Waals surface area contributed by atoms with Gasteiger partial charge in [-0.1, -0.05) is 12.1 Å². The first-order chi connectivity index (χ1) is 21.2. The van der Waals surface area contributed by atoms with Crippen LogP contribution in [0.3, 0.4) is 0 Å². The molecule has 0 bridgehead atoms. The second-order valence-corrected chi connectivity index (χ2v) is 9.59. The van der Waals surface area contributed by atoms with Crippen LogP contribution in [0.25, 0.3) is 21.8 Å². The molecule has 228 valence electrons. The van der Waals surface area contributed by atoms with Crippen LogP contribution in [0.15, 0.2) is 106 Å². The van der Waals surface area contributed by atoms with Gasteiger partial charge >= 0.3 is 5.97 Å². The molecule has 0 atom stereocenters. The van der Waals surface area contributed by atoms with Gasteiger partial charge in [-0.3, -0.25) is 4.98 Å². The Kier molecular flexibility index (Phi) is 10.2. The minimum atomic E-state index is -1.10. The smallest absolute Gasteiger partial charge is 0.337 e. The molecule has 4 heterocycles. The van der Waals surface area contributed by atoms with Crippen molar-refractivity contribution < 1.29 is 36.6 Å². The summed E-state index contributed by atoms with van der Waals surface area (Å²) in [5, 5.41) is 46.5. The van der Waals surface area contributed by atoms with Crippen molar-refractivity contribution >= 4 is 50.8 Å². The SMILES string of the molecule is Cc1cc2c(O)ccc(N=Nc3ccccn3)c2nc1C.Cc1nc2c(N=Nc3ccccn3)ccc(O)c2cc1C(=O)O.[Ni]. The van der Waals surface area contributed by atoms with E-state index in [1.165, 1.54) is 12.1 Å². The van der Waals surface area contributed by atoms with Gasteiger partial charge in [-0.05, 0) is 87.0 Å². The maximum absolute atomic E-state index is 11.2. The zero-order valence-corrected chi connectivity index (χ0v) is 25.2. The molecule has 0 unspecified atom stereocenters. The van der Waals surface area contributed by atoms with Crippen molar-refractivity contribution in [3.05, 3.63) is 108 Å². The Morgan fingerprint density at radius 2 is 1.13 bits per heavy atom. The standard InChI is InChI=1S/C16H12N4O3.C16H14N4O.Ni/c1-9-10(16(22)23)8-11-13(21)6-5-12(15(11)18-9)19-20-14-4-2-3-7-17-14;1-10-9-12-14(21)7-6-13(16(12)18-11(10)2)19-20-15-5-3-4-8-17-15;/h2-8,21H,1H3,(H,22,23);3-9,21H,1-2H3;. The van der Waals surface area contributed by atoms with Crippen LogP contribution in [-0.4, -0.2) is 41.2 Å². The molecule has 12 nitrogen and oxygen atoms in total. The quantitative estimate of drug-likeness (QED) is 0.124. The van der Waals surface area contributed by atoms with E-state index < -0.39 is 5.97 Å². The number of fused-ring (bicyclic) bond motifs is 2. The van der Waals surface area contributed by atoms with Crippen molar-refractivity contribution in [2.45, 2.75) is 20.8 Å². The van der Waals surface area contributed by atoms with Crippen molar-refractivity contribution in [2.75, 3.05) is 0 Å². The van der Waals surface area contributed by atoms with E-state index in [1.54, 1.807) is 61.8 Å². The fourth-order valence-corrected chi connectivity index (χ4v) is 4.16. The molecule has 0 amide bonds. The first kappa shape index (κ1) is 32.2. The Hall–Kier alpha value is -5.68. The predicted molar refractivity (Wildman–Crippen MR) is 165 cm³/mol. The summed E-state index contributed by atoms with van der Waals surface area (Å²) in [7, 11) is 0. The molecule has 6 aromatic rings. The fraction of sp³-hybridized carbons (Fsp3) is 0.0938. The third-order valence-corrected chi connectivity index (χ3v) is 6.56. The average molecular weight is 645 g/mol. The number of carbonyl (C=O) groups is 1. The number of aromatic carboxylic acids is 1. The second-order valence-electron chi connectivity index (χ2n) is 9.59. The van der Waals surface area contributed by atoms with Crippen LogP contribution in [0.2, 0.25) is 0 Å². The number of aromatic nitrogens is 4. The van der Waals surface area contributed by atoms with Crippen molar-refractivity contribution in [1.82, 2.24) is 19.9 Å². The van der Waals surface area contributed by atoms with Crippen LogP contribution in [0, 0.1) is 20.8 Å². The van der Waals surface area contributed by atoms with E-state index in [0.717, 1.165) is 11.3 Å². The van der Waals surface area contributed by atoms with E-state index in [4.69, 9.17) is 5.11 Å². The number of phenolic OH excluding ortho intramolecular Hbond substituents is 2. The summed E-state index contributed by atoms with van der Waals surface area (Å²) in [5.74, 6) is -0.00357. The summed E-state index contributed by atoms with van der Waals surface area (Å²) < 4.78 is 0. The molecule has 13 heteroatoms. The summed E-state index contributed by atoms with van der Waals surface area (Å²) in [6.07, 6.45) is 3.26. The summed E-state index contributed by atoms with van der Waals surface area (Å²) in [4.78, 5) is 28.1. The van der Waals surface area contributed by atoms with Gasteiger partial charge in [0.25, 0.3) is 0 Å². The molecule has 3 N–H and O–H groups in total. The molecule has 2 aromatic carbocycles. The number of nitrogens with zero attached hydrogens (tertiary/aromatic N) is 8. The Morgan fingerprint density at radius 1 is 0.644 bits per heavy atom. The maximum Gasteiger partial charge on any atom is 0.337 e. The normalized spacial score (nSPS) is 11.0. The Labute approximate surface area is 267 Å². The molecule has 0 saturated heterocycles. The van der Waals surface area contributed by atoms with Gasteiger partial charge in [0.15, 0.2) is 11.6 Å². The number of rotatable bonds is 5. The maximum atomic E-state index is 11.2. The number of hydrogen-bond acceptors (Lipinski definition) is 11. The summed E-state index contributed by atoms with van der Waals surface area (Å²) in [6.45, 7) is 5.48. The predicted octanol–water partition coefficient (Wildman–Crippen LogP) is 8.12. The number of phenols is 2. The van der Waals surface area contributed by atoms with Crippen LogP contribution < -0.4 is 0 Å². The molecular weight excluding hydrogens is 619 g/mol. The first-order valence-corrected chi connectivity index (χ1v) is 13.3. The Balaban J connectivity index is 0.000000201. The number of azo groups is 2. The zero-order valence-electron chi connectivity index (χ0n) is 24.2. The van der Waals surface area contributed by atoms with Crippen molar-refractivity contribution in [3.8, 4) is 11.5 Å².